The standard InChI is InChI=1S/C22H19ClN4O3/c23-15-9-7-14(8-10-15)18-12-19(20-6-3-11-30-20)27(26-18)21(28)13-25-17-5-2-1-4-16(17)22(24)29/h1-11,19,25H,12-13H2,(H2,24,29). The van der Waals surface area contributed by atoms with Gasteiger partial charge >= 0.3 is 0 Å². The number of furan rings is 1. The summed E-state index contributed by atoms with van der Waals surface area (Å²) in [6.07, 6.45) is 2.08. The number of para-hydroxylation sites is 1. The number of nitrogens with zero attached hydrogens (tertiary/aromatic N) is 2. The van der Waals surface area contributed by atoms with Gasteiger partial charge in [-0.15, -0.1) is 0 Å². The van der Waals surface area contributed by atoms with E-state index in [1.807, 2.05) is 18.2 Å². The number of nitrogens with one attached hydrogen (secondary N) is 1. The van der Waals surface area contributed by atoms with Gasteiger partial charge in [0, 0.05) is 17.1 Å². The van der Waals surface area contributed by atoms with E-state index in [-0.39, 0.29) is 18.5 Å². The molecule has 30 heavy (non-hydrogen) atoms. The molecule has 0 bridgehead atoms. The molecule has 0 saturated carbocycles. The lowest BCUT2D eigenvalue weighted by Crippen LogP contribution is -2.32. The molecule has 1 atom stereocenters. The number of carbonyl (C=O) groups is 2. The summed E-state index contributed by atoms with van der Waals surface area (Å²) >= 11 is 5.98. The predicted molar refractivity (Wildman–Crippen MR) is 114 cm³/mol. The number of nitrogens with two attached hydrogens (primary N) is 1. The van der Waals surface area contributed by atoms with Gasteiger partial charge < -0.3 is 15.5 Å². The number of hydrogen-bond acceptors (Lipinski definition) is 5. The van der Waals surface area contributed by atoms with Gasteiger partial charge in [-0.05, 0) is 42.0 Å². The van der Waals surface area contributed by atoms with Crippen LogP contribution in [0.5, 0.6) is 0 Å². The zero-order chi connectivity index (χ0) is 21.1. The Labute approximate surface area is 178 Å². The average molecular weight is 423 g/mol. The van der Waals surface area contributed by atoms with Crippen LogP contribution in [0.2, 0.25) is 5.02 Å². The molecule has 3 N–H and O–H groups in total. The lowest BCUT2D eigenvalue weighted by molar-refractivity contribution is -0.131. The van der Waals surface area contributed by atoms with Crippen molar-refractivity contribution in [1.29, 1.82) is 0 Å². The van der Waals surface area contributed by atoms with E-state index in [0.29, 0.717) is 28.5 Å². The molecule has 0 saturated heterocycles. The smallest absolute Gasteiger partial charge is 0.262 e. The molecule has 1 aliphatic heterocycles. The maximum absolute atomic E-state index is 13.0. The minimum atomic E-state index is -0.566. The number of rotatable bonds is 6. The number of primary amides is 1. The van der Waals surface area contributed by atoms with Gasteiger partial charge in [-0.1, -0.05) is 35.9 Å². The van der Waals surface area contributed by atoms with E-state index >= 15 is 0 Å². The Kier molecular flexibility index (Phi) is 5.54. The number of hydrogen-bond donors (Lipinski definition) is 2. The molecule has 7 nitrogen and oxygen atoms in total. The second-order valence-electron chi connectivity index (χ2n) is 6.79. The predicted octanol–water partition coefficient (Wildman–Crippen LogP) is 3.82. The summed E-state index contributed by atoms with van der Waals surface area (Å²) in [7, 11) is 0. The first-order chi connectivity index (χ1) is 14.5. The van der Waals surface area contributed by atoms with Crippen LogP contribution in [-0.2, 0) is 4.79 Å². The van der Waals surface area contributed by atoms with E-state index in [1.165, 1.54) is 5.01 Å². The number of hydrazone groups is 1. The normalized spacial score (nSPS) is 15.7. The SMILES string of the molecule is NC(=O)c1ccccc1NCC(=O)N1N=C(c2ccc(Cl)cc2)CC1c1ccco1. The summed E-state index contributed by atoms with van der Waals surface area (Å²) in [6.45, 7) is -0.0566. The van der Waals surface area contributed by atoms with E-state index in [0.717, 1.165) is 11.3 Å². The molecule has 2 heterocycles. The number of carbonyl (C=O) groups excluding carboxylic acids is 2. The Bertz CT molecular complexity index is 1090. The van der Waals surface area contributed by atoms with E-state index < -0.39 is 5.91 Å². The summed E-state index contributed by atoms with van der Waals surface area (Å²) < 4.78 is 5.54. The largest absolute Gasteiger partial charge is 0.467 e. The summed E-state index contributed by atoms with van der Waals surface area (Å²) in [4.78, 5) is 24.6. The first-order valence-electron chi connectivity index (χ1n) is 9.34. The van der Waals surface area contributed by atoms with Crippen molar-refractivity contribution in [3.63, 3.8) is 0 Å². The Morgan fingerprint density at radius 3 is 2.60 bits per heavy atom. The van der Waals surface area contributed by atoms with Crippen LogP contribution in [0.1, 0.15) is 34.1 Å². The zero-order valence-electron chi connectivity index (χ0n) is 15.9. The molecule has 152 valence electrons. The van der Waals surface area contributed by atoms with Crippen LogP contribution in [-0.4, -0.2) is 29.1 Å². The van der Waals surface area contributed by atoms with E-state index in [2.05, 4.69) is 10.4 Å². The average Bonchev–Trinajstić information content (AvgIpc) is 3.42. The summed E-state index contributed by atoms with van der Waals surface area (Å²) in [5, 5.41) is 9.60. The summed E-state index contributed by atoms with van der Waals surface area (Å²) in [5.41, 5.74) is 7.87. The van der Waals surface area contributed by atoms with Crippen LogP contribution in [0.25, 0.3) is 0 Å². The molecule has 0 spiro atoms. The van der Waals surface area contributed by atoms with Crippen molar-refractivity contribution in [2.45, 2.75) is 12.5 Å². The van der Waals surface area contributed by atoms with Crippen molar-refractivity contribution in [1.82, 2.24) is 5.01 Å². The molecule has 2 amide bonds. The monoisotopic (exact) mass is 422 g/mol. The number of anilines is 1. The van der Waals surface area contributed by atoms with Crippen LogP contribution < -0.4 is 11.1 Å². The molecule has 4 rings (SSSR count). The Morgan fingerprint density at radius 1 is 1.13 bits per heavy atom. The van der Waals surface area contributed by atoms with Crippen LogP contribution in [0, 0.1) is 0 Å². The van der Waals surface area contributed by atoms with Crippen LogP contribution >= 0.6 is 11.6 Å². The van der Waals surface area contributed by atoms with Gasteiger partial charge in [0.25, 0.3) is 11.8 Å². The van der Waals surface area contributed by atoms with E-state index in [9.17, 15) is 9.59 Å². The first-order valence-corrected chi connectivity index (χ1v) is 9.72. The highest BCUT2D eigenvalue weighted by Gasteiger charge is 2.34. The highest BCUT2D eigenvalue weighted by Crippen LogP contribution is 2.33. The second kappa shape index (κ2) is 8.42. The molecule has 3 aromatic rings. The molecular weight excluding hydrogens is 404 g/mol. The fraction of sp³-hybridized carbons (Fsp3) is 0.136. The molecular formula is C22H19ClN4O3. The quantitative estimate of drug-likeness (QED) is 0.630. The fourth-order valence-corrected chi connectivity index (χ4v) is 3.49. The lowest BCUT2D eigenvalue weighted by Gasteiger charge is -2.20. The molecule has 1 aliphatic rings. The topological polar surface area (TPSA) is 101 Å². The van der Waals surface area contributed by atoms with Gasteiger partial charge in [0.2, 0.25) is 0 Å². The molecule has 0 radical (unpaired) electrons. The maximum atomic E-state index is 13.0. The van der Waals surface area contributed by atoms with Gasteiger partial charge in [0.05, 0.1) is 24.1 Å². The molecule has 1 aromatic heterocycles. The minimum Gasteiger partial charge on any atom is -0.467 e. The zero-order valence-corrected chi connectivity index (χ0v) is 16.7. The number of amides is 2. The van der Waals surface area contributed by atoms with Crippen LogP contribution in [0.4, 0.5) is 5.69 Å². The minimum absolute atomic E-state index is 0.0566. The lowest BCUT2D eigenvalue weighted by atomic mass is 10.0. The third kappa shape index (κ3) is 4.06. The van der Waals surface area contributed by atoms with Crippen LogP contribution in [0.3, 0.4) is 0 Å². The molecule has 2 aromatic carbocycles. The second-order valence-corrected chi connectivity index (χ2v) is 7.23. The van der Waals surface area contributed by atoms with Crippen molar-refractivity contribution in [2.24, 2.45) is 10.8 Å². The summed E-state index contributed by atoms with van der Waals surface area (Å²) in [5.74, 6) is -0.184. The van der Waals surface area contributed by atoms with Crippen molar-refractivity contribution < 1.29 is 14.0 Å². The molecule has 0 fully saturated rings. The van der Waals surface area contributed by atoms with Gasteiger partial charge in [0.15, 0.2) is 0 Å². The van der Waals surface area contributed by atoms with E-state index in [4.69, 9.17) is 21.8 Å². The van der Waals surface area contributed by atoms with Gasteiger partial charge in [-0.25, -0.2) is 5.01 Å². The first kappa shape index (κ1) is 19.7. The van der Waals surface area contributed by atoms with Crippen molar-refractivity contribution in [2.75, 3.05) is 11.9 Å². The summed E-state index contributed by atoms with van der Waals surface area (Å²) in [6, 6.07) is 17.3. The maximum Gasteiger partial charge on any atom is 0.262 e. The molecule has 1 unspecified atom stereocenters. The van der Waals surface area contributed by atoms with Gasteiger partial charge in [-0.2, -0.15) is 5.10 Å². The van der Waals surface area contributed by atoms with Gasteiger partial charge in [0.1, 0.15) is 11.8 Å². The third-order valence-electron chi connectivity index (χ3n) is 4.84. The van der Waals surface area contributed by atoms with Crippen molar-refractivity contribution in [3.8, 4) is 0 Å². The van der Waals surface area contributed by atoms with Crippen LogP contribution in [0.15, 0.2) is 76.4 Å². The Morgan fingerprint density at radius 2 is 1.90 bits per heavy atom. The Hall–Kier alpha value is -3.58. The number of halogens is 1. The van der Waals surface area contributed by atoms with Crippen molar-refractivity contribution in [3.05, 3.63) is 88.8 Å². The molecule has 8 heteroatoms. The van der Waals surface area contributed by atoms with Gasteiger partial charge in [-0.3, -0.25) is 9.59 Å². The van der Waals surface area contributed by atoms with E-state index in [1.54, 1.807) is 48.7 Å². The third-order valence-corrected chi connectivity index (χ3v) is 5.09. The Balaban J connectivity index is 1.56. The number of benzene rings is 2. The molecule has 0 aliphatic carbocycles. The van der Waals surface area contributed by atoms with Crippen molar-refractivity contribution >= 4 is 34.8 Å². The highest BCUT2D eigenvalue weighted by atomic mass is 35.5. The highest BCUT2D eigenvalue weighted by molar-refractivity contribution is 6.30. The fourth-order valence-electron chi connectivity index (χ4n) is 3.36.